The van der Waals surface area contributed by atoms with Crippen LogP contribution in [0.1, 0.15) is 21.5 Å². The summed E-state index contributed by atoms with van der Waals surface area (Å²) >= 11 is 0. The second kappa shape index (κ2) is 8.60. The minimum atomic E-state index is -0.268. The second-order valence-electron chi connectivity index (χ2n) is 6.61. The molecule has 2 N–H and O–H groups in total. The Balaban J connectivity index is 1.26. The molecule has 0 bridgehead atoms. The van der Waals surface area contributed by atoms with Gasteiger partial charge in [-0.3, -0.25) is 4.79 Å². The molecule has 1 aromatic heterocycles. The Bertz CT molecular complexity index is 991. The van der Waals surface area contributed by atoms with Crippen molar-refractivity contribution < 1.29 is 18.7 Å². The maximum Gasteiger partial charge on any atom is 0.252 e. The number of hydrogen-bond donors (Lipinski definition) is 2. The third-order valence-electron chi connectivity index (χ3n) is 4.55. The monoisotopic (exact) mass is 393 g/mol. The van der Waals surface area contributed by atoms with Crippen LogP contribution >= 0.6 is 0 Å². The quantitative estimate of drug-likeness (QED) is 0.643. The summed E-state index contributed by atoms with van der Waals surface area (Å²) in [5.74, 6) is 1.70. The van der Waals surface area contributed by atoms with Crippen molar-refractivity contribution in [2.24, 2.45) is 0 Å². The Kier molecular flexibility index (Phi) is 5.56. The van der Waals surface area contributed by atoms with Crippen molar-refractivity contribution in [2.45, 2.75) is 13.0 Å². The highest BCUT2D eigenvalue weighted by Gasteiger charge is 2.13. The van der Waals surface area contributed by atoms with Crippen LogP contribution in [0, 0.1) is 5.82 Å². The predicted molar refractivity (Wildman–Crippen MR) is 107 cm³/mol. The number of carbonyl (C=O) groups is 1. The van der Waals surface area contributed by atoms with Gasteiger partial charge in [0.2, 0.25) is 6.79 Å². The van der Waals surface area contributed by atoms with Crippen molar-refractivity contribution in [1.82, 2.24) is 10.3 Å². The summed E-state index contributed by atoms with van der Waals surface area (Å²) in [7, 11) is 0. The van der Waals surface area contributed by atoms with Gasteiger partial charge in [-0.25, -0.2) is 9.37 Å². The lowest BCUT2D eigenvalue weighted by atomic mass is 10.1. The van der Waals surface area contributed by atoms with Crippen molar-refractivity contribution in [2.75, 3.05) is 18.7 Å². The van der Waals surface area contributed by atoms with E-state index in [1.165, 1.54) is 18.3 Å². The van der Waals surface area contributed by atoms with Crippen molar-refractivity contribution >= 4 is 11.7 Å². The highest BCUT2D eigenvalue weighted by Crippen LogP contribution is 2.32. The number of rotatable bonds is 7. The summed E-state index contributed by atoms with van der Waals surface area (Å²) in [4.78, 5) is 16.5. The first-order valence-electron chi connectivity index (χ1n) is 9.28. The first-order chi connectivity index (χ1) is 14.2. The van der Waals surface area contributed by atoms with E-state index in [1.807, 2.05) is 18.2 Å². The molecule has 0 saturated heterocycles. The van der Waals surface area contributed by atoms with Gasteiger partial charge in [0.15, 0.2) is 11.5 Å². The lowest BCUT2D eigenvalue weighted by Gasteiger charge is -2.08. The number of benzene rings is 2. The topological polar surface area (TPSA) is 72.5 Å². The SMILES string of the molecule is O=C(NCCc1ccc(F)cc1)c1ccc(NCc2ccc3c(c2)OCO3)nc1. The van der Waals surface area contributed by atoms with E-state index in [0.29, 0.717) is 30.9 Å². The van der Waals surface area contributed by atoms with Crippen LogP contribution < -0.4 is 20.1 Å². The number of nitrogens with one attached hydrogen (secondary N) is 2. The molecule has 7 heteroatoms. The first-order valence-corrected chi connectivity index (χ1v) is 9.28. The Hall–Kier alpha value is -3.61. The lowest BCUT2D eigenvalue weighted by Crippen LogP contribution is -2.25. The normalized spacial score (nSPS) is 11.9. The minimum absolute atomic E-state index is 0.193. The fourth-order valence-electron chi connectivity index (χ4n) is 2.95. The Morgan fingerprint density at radius 3 is 2.59 bits per heavy atom. The molecule has 0 aliphatic carbocycles. The largest absolute Gasteiger partial charge is 0.454 e. The molecule has 0 spiro atoms. The van der Waals surface area contributed by atoms with Crippen LogP contribution in [-0.2, 0) is 13.0 Å². The molecule has 1 amide bonds. The molecule has 0 unspecified atom stereocenters. The van der Waals surface area contributed by atoms with Crippen LogP contribution in [0.15, 0.2) is 60.8 Å². The van der Waals surface area contributed by atoms with Gasteiger partial charge in [0.25, 0.3) is 5.91 Å². The summed E-state index contributed by atoms with van der Waals surface area (Å²) in [6.07, 6.45) is 2.17. The zero-order chi connectivity index (χ0) is 20.1. The van der Waals surface area contributed by atoms with Gasteiger partial charge in [-0.1, -0.05) is 18.2 Å². The summed E-state index contributed by atoms with van der Waals surface area (Å²) in [6.45, 7) is 1.29. The average Bonchev–Trinajstić information content (AvgIpc) is 3.22. The van der Waals surface area contributed by atoms with Gasteiger partial charge >= 0.3 is 0 Å². The van der Waals surface area contributed by atoms with E-state index in [-0.39, 0.29) is 18.5 Å². The van der Waals surface area contributed by atoms with E-state index in [4.69, 9.17) is 9.47 Å². The first kappa shape index (κ1) is 18.7. The van der Waals surface area contributed by atoms with Crippen LogP contribution in [0.2, 0.25) is 0 Å². The van der Waals surface area contributed by atoms with Crippen LogP contribution in [-0.4, -0.2) is 24.2 Å². The van der Waals surface area contributed by atoms with Gasteiger partial charge in [-0.2, -0.15) is 0 Å². The fourth-order valence-corrected chi connectivity index (χ4v) is 2.95. The zero-order valence-corrected chi connectivity index (χ0v) is 15.7. The van der Waals surface area contributed by atoms with Crippen molar-refractivity contribution in [3.8, 4) is 11.5 Å². The number of aromatic nitrogens is 1. The molecule has 2 aromatic carbocycles. The van der Waals surface area contributed by atoms with Gasteiger partial charge in [0.05, 0.1) is 5.56 Å². The number of fused-ring (bicyclic) bond motifs is 1. The molecule has 0 radical (unpaired) electrons. The lowest BCUT2D eigenvalue weighted by molar-refractivity contribution is 0.0954. The number of pyridine rings is 1. The molecule has 0 atom stereocenters. The van der Waals surface area contributed by atoms with E-state index >= 15 is 0 Å². The summed E-state index contributed by atoms with van der Waals surface area (Å²) in [5, 5.41) is 6.06. The Morgan fingerprint density at radius 1 is 1.00 bits per heavy atom. The highest BCUT2D eigenvalue weighted by atomic mass is 19.1. The van der Waals surface area contributed by atoms with Gasteiger partial charge in [0.1, 0.15) is 11.6 Å². The van der Waals surface area contributed by atoms with Crippen molar-refractivity contribution in [3.63, 3.8) is 0 Å². The second-order valence-corrected chi connectivity index (χ2v) is 6.61. The molecule has 1 aliphatic rings. The molecular formula is C22H20FN3O3. The standard InChI is InChI=1S/C22H20FN3O3/c23-18-5-1-15(2-6-18)9-10-24-22(27)17-4-8-21(26-13-17)25-12-16-3-7-19-20(11-16)29-14-28-19/h1-8,11,13H,9-10,12,14H2,(H,24,27)(H,25,26). The van der Waals surface area contributed by atoms with E-state index in [9.17, 15) is 9.18 Å². The van der Waals surface area contributed by atoms with Gasteiger partial charge in [-0.05, 0) is 53.9 Å². The number of amides is 1. The predicted octanol–water partition coefficient (Wildman–Crippen LogP) is 3.53. The van der Waals surface area contributed by atoms with Crippen LogP contribution in [0.4, 0.5) is 10.2 Å². The molecule has 29 heavy (non-hydrogen) atoms. The number of hydrogen-bond acceptors (Lipinski definition) is 5. The Labute approximate surface area is 167 Å². The highest BCUT2D eigenvalue weighted by molar-refractivity contribution is 5.94. The fraction of sp³-hybridized carbons (Fsp3) is 0.182. The molecule has 0 saturated carbocycles. The molecule has 2 heterocycles. The summed E-state index contributed by atoms with van der Waals surface area (Å²) in [6, 6.07) is 15.5. The van der Waals surface area contributed by atoms with Crippen LogP contribution in [0.5, 0.6) is 11.5 Å². The number of anilines is 1. The van der Waals surface area contributed by atoms with E-state index < -0.39 is 0 Å². The van der Waals surface area contributed by atoms with E-state index in [0.717, 1.165) is 22.6 Å². The molecule has 6 nitrogen and oxygen atoms in total. The number of carbonyl (C=O) groups excluding carboxylic acids is 1. The van der Waals surface area contributed by atoms with Crippen molar-refractivity contribution in [3.05, 3.63) is 83.3 Å². The maximum atomic E-state index is 12.9. The molecule has 0 fully saturated rings. The van der Waals surface area contributed by atoms with Gasteiger partial charge in [-0.15, -0.1) is 0 Å². The number of ether oxygens (including phenoxy) is 2. The van der Waals surface area contributed by atoms with Crippen LogP contribution in [0.25, 0.3) is 0 Å². The molecule has 148 valence electrons. The zero-order valence-electron chi connectivity index (χ0n) is 15.7. The summed E-state index contributed by atoms with van der Waals surface area (Å²) in [5.41, 5.74) is 2.49. The third kappa shape index (κ3) is 4.82. The van der Waals surface area contributed by atoms with Gasteiger partial charge < -0.3 is 20.1 Å². The minimum Gasteiger partial charge on any atom is -0.454 e. The number of halogens is 1. The number of nitrogens with zero attached hydrogens (tertiary/aromatic N) is 1. The maximum absolute atomic E-state index is 12.9. The molecule has 3 aromatic rings. The molecular weight excluding hydrogens is 373 g/mol. The van der Waals surface area contributed by atoms with E-state index in [1.54, 1.807) is 24.3 Å². The third-order valence-corrected chi connectivity index (χ3v) is 4.55. The summed E-state index contributed by atoms with van der Waals surface area (Å²) < 4.78 is 23.6. The molecule has 1 aliphatic heterocycles. The average molecular weight is 393 g/mol. The smallest absolute Gasteiger partial charge is 0.252 e. The molecule has 4 rings (SSSR count). The Morgan fingerprint density at radius 2 is 1.79 bits per heavy atom. The van der Waals surface area contributed by atoms with Gasteiger partial charge in [0, 0.05) is 19.3 Å². The van der Waals surface area contributed by atoms with Crippen LogP contribution in [0.3, 0.4) is 0 Å². The van der Waals surface area contributed by atoms with Crippen molar-refractivity contribution in [1.29, 1.82) is 0 Å². The van der Waals surface area contributed by atoms with E-state index in [2.05, 4.69) is 15.6 Å².